The van der Waals surface area contributed by atoms with Gasteiger partial charge in [0.25, 0.3) is 0 Å². The molecule has 2 aromatic rings. The lowest BCUT2D eigenvalue weighted by atomic mass is 9.91. The average Bonchev–Trinajstić information content (AvgIpc) is 2.38. The van der Waals surface area contributed by atoms with Gasteiger partial charge in [-0.2, -0.15) is 0 Å². The first kappa shape index (κ1) is 14.3. The van der Waals surface area contributed by atoms with E-state index in [1.54, 1.807) is 43.3 Å². The van der Waals surface area contributed by atoms with Crippen LogP contribution in [0.5, 0.6) is 0 Å². The van der Waals surface area contributed by atoms with Crippen molar-refractivity contribution < 1.29 is 9.18 Å². The van der Waals surface area contributed by atoms with E-state index >= 15 is 0 Å². The van der Waals surface area contributed by atoms with E-state index in [4.69, 9.17) is 17.3 Å². The molecule has 0 saturated carbocycles. The number of carbonyl (C=O) groups is 1. The molecule has 2 aromatic carbocycles. The SMILES string of the molecule is CC(Nc1cccc(F)c1)(C(N)=O)c1cccc(Cl)c1. The molecular weight excluding hydrogens is 279 g/mol. The second kappa shape index (κ2) is 5.51. The van der Waals surface area contributed by atoms with Gasteiger partial charge in [0.1, 0.15) is 11.4 Å². The number of carbonyl (C=O) groups excluding carboxylic acids is 1. The lowest BCUT2D eigenvalue weighted by molar-refractivity contribution is -0.122. The van der Waals surface area contributed by atoms with Crippen molar-refractivity contribution in [3.8, 4) is 0 Å². The van der Waals surface area contributed by atoms with Crippen molar-refractivity contribution in [3.05, 3.63) is 64.9 Å². The molecule has 1 amide bonds. The fraction of sp³-hybridized carbons (Fsp3) is 0.133. The van der Waals surface area contributed by atoms with Gasteiger partial charge in [-0.3, -0.25) is 4.79 Å². The highest BCUT2D eigenvalue weighted by molar-refractivity contribution is 6.30. The Morgan fingerprint density at radius 2 is 1.95 bits per heavy atom. The van der Waals surface area contributed by atoms with E-state index in [0.29, 0.717) is 16.3 Å². The predicted octanol–water partition coefficient (Wildman–Crippen LogP) is 3.29. The molecule has 0 fully saturated rings. The minimum absolute atomic E-state index is 0.395. The van der Waals surface area contributed by atoms with Crippen molar-refractivity contribution in [1.82, 2.24) is 0 Å². The van der Waals surface area contributed by atoms with Crippen LogP contribution in [-0.2, 0) is 10.3 Å². The van der Waals surface area contributed by atoms with Crippen LogP contribution in [0.1, 0.15) is 12.5 Å². The predicted molar refractivity (Wildman–Crippen MR) is 78.0 cm³/mol. The van der Waals surface area contributed by atoms with Crippen molar-refractivity contribution in [1.29, 1.82) is 0 Å². The minimum Gasteiger partial charge on any atom is -0.368 e. The number of halogens is 2. The van der Waals surface area contributed by atoms with Gasteiger partial charge < -0.3 is 11.1 Å². The van der Waals surface area contributed by atoms with E-state index in [1.807, 2.05) is 0 Å². The van der Waals surface area contributed by atoms with E-state index in [1.165, 1.54) is 12.1 Å². The van der Waals surface area contributed by atoms with Gasteiger partial charge in [-0.1, -0.05) is 29.8 Å². The van der Waals surface area contributed by atoms with Crippen LogP contribution >= 0.6 is 11.6 Å². The molecule has 3 nitrogen and oxygen atoms in total. The molecule has 0 aliphatic heterocycles. The quantitative estimate of drug-likeness (QED) is 0.908. The standard InChI is InChI=1S/C15H14ClFN2O/c1-15(14(18)20,10-4-2-5-11(16)8-10)19-13-7-3-6-12(17)9-13/h2-9,19H,1H3,(H2,18,20). The molecular formula is C15H14ClFN2O. The smallest absolute Gasteiger partial charge is 0.247 e. The van der Waals surface area contributed by atoms with Gasteiger partial charge in [0.15, 0.2) is 0 Å². The summed E-state index contributed by atoms with van der Waals surface area (Å²) in [6, 6.07) is 12.7. The fourth-order valence-corrected chi connectivity index (χ4v) is 2.12. The van der Waals surface area contributed by atoms with Crippen molar-refractivity contribution in [2.24, 2.45) is 5.73 Å². The van der Waals surface area contributed by atoms with Crippen LogP contribution in [0.25, 0.3) is 0 Å². The third-order valence-electron chi connectivity index (χ3n) is 3.11. The molecule has 0 spiro atoms. The van der Waals surface area contributed by atoms with Gasteiger partial charge in [-0.05, 0) is 42.8 Å². The maximum absolute atomic E-state index is 13.2. The minimum atomic E-state index is -1.18. The number of benzene rings is 2. The number of anilines is 1. The summed E-state index contributed by atoms with van der Waals surface area (Å²) < 4.78 is 13.2. The van der Waals surface area contributed by atoms with Crippen LogP contribution in [-0.4, -0.2) is 5.91 Å². The van der Waals surface area contributed by atoms with Gasteiger partial charge in [-0.15, -0.1) is 0 Å². The second-order valence-corrected chi connectivity index (χ2v) is 5.07. The zero-order chi connectivity index (χ0) is 14.8. The van der Waals surface area contributed by atoms with Crippen molar-refractivity contribution >= 4 is 23.2 Å². The van der Waals surface area contributed by atoms with Crippen LogP contribution in [0.15, 0.2) is 48.5 Å². The number of nitrogens with one attached hydrogen (secondary N) is 1. The summed E-state index contributed by atoms with van der Waals surface area (Å²) in [4.78, 5) is 11.8. The topological polar surface area (TPSA) is 55.1 Å². The van der Waals surface area contributed by atoms with Gasteiger partial charge >= 0.3 is 0 Å². The van der Waals surface area contributed by atoms with Gasteiger partial charge in [0.2, 0.25) is 5.91 Å². The molecule has 104 valence electrons. The van der Waals surface area contributed by atoms with Crippen molar-refractivity contribution in [2.45, 2.75) is 12.5 Å². The Labute approximate surface area is 121 Å². The zero-order valence-electron chi connectivity index (χ0n) is 10.9. The molecule has 20 heavy (non-hydrogen) atoms. The molecule has 1 atom stereocenters. The number of amides is 1. The Bertz CT molecular complexity index is 647. The van der Waals surface area contributed by atoms with Crippen LogP contribution in [0.3, 0.4) is 0 Å². The monoisotopic (exact) mass is 292 g/mol. The number of hydrogen-bond acceptors (Lipinski definition) is 2. The molecule has 5 heteroatoms. The third kappa shape index (κ3) is 2.91. The Kier molecular flexibility index (Phi) is 3.95. The summed E-state index contributed by atoms with van der Waals surface area (Å²) in [5.74, 6) is -0.975. The van der Waals surface area contributed by atoms with Crippen LogP contribution < -0.4 is 11.1 Å². The highest BCUT2D eigenvalue weighted by atomic mass is 35.5. The van der Waals surface area contributed by atoms with E-state index in [0.717, 1.165) is 0 Å². The zero-order valence-corrected chi connectivity index (χ0v) is 11.6. The van der Waals surface area contributed by atoms with Gasteiger partial charge in [-0.25, -0.2) is 4.39 Å². The van der Waals surface area contributed by atoms with Crippen LogP contribution in [0.4, 0.5) is 10.1 Å². The normalized spacial score (nSPS) is 13.6. The number of nitrogens with two attached hydrogens (primary N) is 1. The molecule has 2 rings (SSSR count). The highest BCUT2D eigenvalue weighted by Crippen LogP contribution is 2.28. The first-order chi connectivity index (χ1) is 9.41. The molecule has 3 N–H and O–H groups in total. The molecule has 1 unspecified atom stereocenters. The second-order valence-electron chi connectivity index (χ2n) is 4.63. The molecule has 0 saturated heterocycles. The first-order valence-electron chi connectivity index (χ1n) is 6.01. The lowest BCUT2D eigenvalue weighted by Gasteiger charge is -2.29. The maximum Gasteiger partial charge on any atom is 0.247 e. The van der Waals surface area contributed by atoms with Gasteiger partial charge in [0, 0.05) is 10.7 Å². The molecule has 0 aliphatic carbocycles. The van der Waals surface area contributed by atoms with E-state index < -0.39 is 17.3 Å². The number of rotatable bonds is 4. The van der Waals surface area contributed by atoms with Crippen LogP contribution in [0.2, 0.25) is 5.02 Å². The third-order valence-corrected chi connectivity index (χ3v) is 3.35. The van der Waals surface area contributed by atoms with E-state index in [2.05, 4.69) is 5.32 Å². The summed E-state index contributed by atoms with van der Waals surface area (Å²) in [6.45, 7) is 1.63. The summed E-state index contributed by atoms with van der Waals surface area (Å²) in [7, 11) is 0. The van der Waals surface area contributed by atoms with E-state index in [9.17, 15) is 9.18 Å². The molecule has 0 heterocycles. The first-order valence-corrected chi connectivity index (χ1v) is 6.39. The Morgan fingerprint density at radius 1 is 1.25 bits per heavy atom. The van der Waals surface area contributed by atoms with Gasteiger partial charge in [0.05, 0.1) is 0 Å². The van der Waals surface area contributed by atoms with E-state index in [-0.39, 0.29) is 0 Å². The summed E-state index contributed by atoms with van der Waals surface area (Å²) in [5, 5.41) is 3.46. The molecule has 0 aliphatic rings. The molecule has 0 bridgehead atoms. The lowest BCUT2D eigenvalue weighted by Crippen LogP contribution is -2.45. The van der Waals surface area contributed by atoms with Crippen molar-refractivity contribution in [3.63, 3.8) is 0 Å². The number of primary amides is 1. The Hall–Kier alpha value is -2.07. The average molecular weight is 293 g/mol. The molecule has 0 radical (unpaired) electrons. The Morgan fingerprint density at radius 3 is 2.55 bits per heavy atom. The summed E-state index contributed by atoms with van der Waals surface area (Å²) in [6.07, 6.45) is 0. The maximum atomic E-state index is 13.2. The van der Waals surface area contributed by atoms with Crippen molar-refractivity contribution in [2.75, 3.05) is 5.32 Å². The summed E-state index contributed by atoms with van der Waals surface area (Å²) in [5.41, 5.74) is 5.40. The number of hydrogen-bond donors (Lipinski definition) is 2. The fourth-order valence-electron chi connectivity index (χ4n) is 1.93. The largest absolute Gasteiger partial charge is 0.368 e. The van der Waals surface area contributed by atoms with Crippen LogP contribution in [0, 0.1) is 5.82 Å². The Balaban J connectivity index is 2.42. The highest BCUT2D eigenvalue weighted by Gasteiger charge is 2.33. The summed E-state index contributed by atoms with van der Waals surface area (Å²) >= 11 is 5.94. The molecule has 0 aromatic heterocycles.